The second kappa shape index (κ2) is 6.57. The van der Waals surface area contributed by atoms with Gasteiger partial charge in [-0.3, -0.25) is 0 Å². The van der Waals surface area contributed by atoms with Crippen LogP contribution in [-0.4, -0.2) is 46.1 Å². The molecule has 0 amide bonds. The van der Waals surface area contributed by atoms with Crippen LogP contribution >= 0.6 is 11.8 Å². The molecule has 0 fully saturated rings. The fraction of sp³-hybridized carbons (Fsp3) is 1.00. The molecule has 15 heavy (non-hydrogen) atoms. The second-order valence-corrected chi connectivity index (χ2v) is 4.38. The molecule has 3 unspecified atom stereocenters. The minimum absolute atomic E-state index is 0.172. The summed E-state index contributed by atoms with van der Waals surface area (Å²) >= 11 is 0.534. The molecule has 0 bridgehead atoms. The SMILES string of the molecule is CCC(N)C(SCC(O)CO)C(F)(F)F. The Balaban J connectivity index is 4.27. The Morgan fingerprint density at radius 1 is 1.40 bits per heavy atom. The highest BCUT2D eigenvalue weighted by molar-refractivity contribution is 8.00. The van der Waals surface area contributed by atoms with Crippen LogP contribution < -0.4 is 5.73 Å². The lowest BCUT2D eigenvalue weighted by Crippen LogP contribution is -2.43. The van der Waals surface area contributed by atoms with Crippen LogP contribution in [0.25, 0.3) is 0 Å². The second-order valence-electron chi connectivity index (χ2n) is 3.20. The highest BCUT2D eigenvalue weighted by Gasteiger charge is 2.43. The predicted octanol–water partition coefficient (Wildman–Crippen LogP) is 0.741. The van der Waals surface area contributed by atoms with Gasteiger partial charge in [-0.15, -0.1) is 11.8 Å². The van der Waals surface area contributed by atoms with Crippen molar-refractivity contribution in [3.8, 4) is 0 Å². The van der Waals surface area contributed by atoms with Crippen LogP contribution in [0.2, 0.25) is 0 Å². The van der Waals surface area contributed by atoms with Crippen molar-refractivity contribution in [3.63, 3.8) is 0 Å². The van der Waals surface area contributed by atoms with E-state index in [0.29, 0.717) is 11.8 Å². The molecule has 0 aromatic rings. The van der Waals surface area contributed by atoms with Crippen molar-refractivity contribution >= 4 is 11.8 Å². The van der Waals surface area contributed by atoms with E-state index in [1.807, 2.05) is 0 Å². The lowest BCUT2D eigenvalue weighted by Gasteiger charge is -2.25. The Kier molecular flexibility index (Phi) is 6.58. The Bertz CT molecular complexity index is 180. The number of halogens is 3. The van der Waals surface area contributed by atoms with Crippen molar-refractivity contribution in [1.82, 2.24) is 0 Å². The first-order chi connectivity index (χ1) is 6.82. The van der Waals surface area contributed by atoms with E-state index in [2.05, 4.69) is 0 Å². The standard InChI is InChI=1S/C8H16F3NO2S/c1-2-6(12)7(8(9,10)11)15-4-5(14)3-13/h5-7,13-14H,2-4,12H2,1H3. The number of hydrogen-bond acceptors (Lipinski definition) is 4. The van der Waals surface area contributed by atoms with E-state index in [9.17, 15) is 13.2 Å². The molecule has 0 aromatic carbocycles. The lowest BCUT2D eigenvalue weighted by atomic mass is 10.1. The first kappa shape index (κ1) is 15.0. The smallest absolute Gasteiger partial charge is 0.394 e. The number of aliphatic hydroxyl groups excluding tert-OH is 2. The van der Waals surface area contributed by atoms with E-state index in [4.69, 9.17) is 15.9 Å². The van der Waals surface area contributed by atoms with Gasteiger partial charge in [-0.1, -0.05) is 6.92 Å². The number of rotatable bonds is 6. The van der Waals surface area contributed by atoms with Crippen molar-refractivity contribution in [2.24, 2.45) is 5.73 Å². The van der Waals surface area contributed by atoms with E-state index in [1.54, 1.807) is 6.92 Å². The summed E-state index contributed by atoms with van der Waals surface area (Å²) in [5.41, 5.74) is 5.35. The van der Waals surface area contributed by atoms with Gasteiger partial charge in [0.15, 0.2) is 0 Å². The first-order valence-electron chi connectivity index (χ1n) is 4.55. The maximum absolute atomic E-state index is 12.5. The number of aliphatic hydroxyl groups is 2. The molecular formula is C8H16F3NO2S. The number of alkyl halides is 3. The average molecular weight is 247 g/mol. The van der Waals surface area contributed by atoms with Crippen molar-refractivity contribution in [2.75, 3.05) is 12.4 Å². The Hall–Kier alpha value is 0.0200. The molecule has 92 valence electrons. The summed E-state index contributed by atoms with van der Waals surface area (Å²) in [7, 11) is 0. The maximum Gasteiger partial charge on any atom is 0.402 e. The third kappa shape index (κ3) is 5.60. The highest BCUT2D eigenvalue weighted by atomic mass is 32.2. The van der Waals surface area contributed by atoms with Gasteiger partial charge in [0, 0.05) is 11.8 Å². The summed E-state index contributed by atoms with van der Waals surface area (Å²) in [4.78, 5) is 0. The Morgan fingerprint density at radius 3 is 2.27 bits per heavy atom. The lowest BCUT2D eigenvalue weighted by molar-refractivity contribution is -0.132. The first-order valence-corrected chi connectivity index (χ1v) is 5.60. The molecule has 0 aromatic heterocycles. The molecule has 0 heterocycles. The Morgan fingerprint density at radius 2 is 1.93 bits per heavy atom. The minimum Gasteiger partial charge on any atom is -0.394 e. The van der Waals surface area contributed by atoms with E-state index in [0.717, 1.165) is 0 Å². The van der Waals surface area contributed by atoms with Crippen LogP contribution in [0.3, 0.4) is 0 Å². The van der Waals surface area contributed by atoms with Gasteiger partial charge in [-0.05, 0) is 6.42 Å². The molecule has 0 aliphatic rings. The fourth-order valence-corrected chi connectivity index (χ4v) is 2.11. The third-order valence-corrected chi connectivity index (χ3v) is 3.41. The van der Waals surface area contributed by atoms with Gasteiger partial charge < -0.3 is 15.9 Å². The summed E-state index contributed by atoms with van der Waals surface area (Å²) in [6.07, 6.45) is -5.30. The van der Waals surface area contributed by atoms with Gasteiger partial charge in [-0.2, -0.15) is 13.2 Å². The van der Waals surface area contributed by atoms with Gasteiger partial charge in [0.05, 0.1) is 12.7 Å². The number of nitrogens with two attached hydrogens (primary N) is 1. The van der Waals surface area contributed by atoms with E-state index in [-0.39, 0.29) is 12.2 Å². The molecule has 0 aliphatic carbocycles. The predicted molar refractivity (Wildman–Crippen MR) is 53.7 cm³/mol. The maximum atomic E-state index is 12.5. The molecule has 0 spiro atoms. The molecule has 0 saturated carbocycles. The molecule has 3 nitrogen and oxygen atoms in total. The van der Waals surface area contributed by atoms with Gasteiger partial charge >= 0.3 is 6.18 Å². The van der Waals surface area contributed by atoms with Gasteiger partial charge in [0.25, 0.3) is 0 Å². The zero-order chi connectivity index (χ0) is 12.1. The average Bonchev–Trinajstić information content (AvgIpc) is 2.15. The topological polar surface area (TPSA) is 66.5 Å². The normalized spacial score (nSPS) is 18.6. The van der Waals surface area contributed by atoms with Crippen molar-refractivity contribution in [3.05, 3.63) is 0 Å². The summed E-state index contributed by atoms with van der Waals surface area (Å²) in [5, 5.41) is 15.7. The van der Waals surface area contributed by atoms with Gasteiger partial charge in [-0.25, -0.2) is 0 Å². The van der Waals surface area contributed by atoms with Crippen molar-refractivity contribution < 1.29 is 23.4 Å². The van der Waals surface area contributed by atoms with Gasteiger partial charge in [0.2, 0.25) is 0 Å². The fourth-order valence-electron chi connectivity index (χ4n) is 0.942. The Labute approximate surface area is 90.8 Å². The number of hydrogen-bond donors (Lipinski definition) is 3. The molecule has 3 atom stereocenters. The molecule has 4 N–H and O–H groups in total. The van der Waals surface area contributed by atoms with Crippen molar-refractivity contribution in [2.45, 2.75) is 36.9 Å². The van der Waals surface area contributed by atoms with Crippen LogP contribution in [0.4, 0.5) is 13.2 Å². The summed E-state index contributed by atoms with van der Waals surface area (Å²) in [6.45, 7) is 1.03. The zero-order valence-corrected chi connectivity index (χ0v) is 9.18. The molecule has 0 radical (unpaired) electrons. The van der Waals surface area contributed by atoms with Crippen LogP contribution in [0.5, 0.6) is 0 Å². The zero-order valence-electron chi connectivity index (χ0n) is 8.37. The minimum atomic E-state index is -4.38. The summed E-state index contributed by atoms with van der Waals surface area (Å²) in [6, 6.07) is -0.985. The summed E-state index contributed by atoms with van der Waals surface area (Å²) < 4.78 is 37.4. The quantitative estimate of drug-likeness (QED) is 0.647. The van der Waals surface area contributed by atoms with Crippen molar-refractivity contribution in [1.29, 1.82) is 0 Å². The summed E-state index contributed by atoms with van der Waals surface area (Å²) in [5.74, 6) is -0.172. The van der Waals surface area contributed by atoms with E-state index < -0.39 is 30.2 Å². The monoisotopic (exact) mass is 247 g/mol. The largest absolute Gasteiger partial charge is 0.402 e. The molecule has 7 heteroatoms. The van der Waals surface area contributed by atoms with E-state index in [1.165, 1.54) is 0 Å². The van der Waals surface area contributed by atoms with Gasteiger partial charge in [0.1, 0.15) is 5.25 Å². The third-order valence-electron chi connectivity index (χ3n) is 1.86. The van der Waals surface area contributed by atoms with Crippen LogP contribution in [0, 0.1) is 0 Å². The molecule has 0 aliphatic heterocycles. The molecular weight excluding hydrogens is 231 g/mol. The van der Waals surface area contributed by atoms with E-state index >= 15 is 0 Å². The van der Waals surface area contributed by atoms with Crippen LogP contribution in [0.1, 0.15) is 13.3 Å². The number of thioether (sulfide) groups is 1. The molecule has 0 rings (SSSR count). The molecule has 0 saturated heterocycles. The van der Waals surface area contributed by atoms with Crippen LogP contribution in [-0.2, 0) is 0 Å². The highest BCUT2D eigenvalue weighted by Crippen LogP contribution is 2.33. The van der Waals surface area contributed by atoms with Crippen LogP contribution in [0.15, 0.2) is 0 Å².